The van der Waals surface area contributed by atoms with Gasteiger partial charge in [-0.2, -0.15) is 0 Å². The molecular formula is C12H16BrFN2. The molecule has 2 atom stereocenters. The number of benzene rings is 1. The van der Waals surface area contributed by atoms with E-state index in [1.807, 2.05) is 13.1 Å². The number of halogens is 2. The van der Waals surface area contributed by atoms with Crippen molar-refractivity contribution < 1.29 is 4.39 Å². The fourth-order valence-corrected chi connectivity index (χ4v) is 3.05. The van der Waals surface area contributed by atoms with Gasteiger partial charge in [0.1, 0.15) is 5.82 Å². The molecule has 1 aromatic rings. The maximum Gasteiger partial charge on any atom is 0.129 e. The maximum atomic E-state index is 13.8. The van der Waals surface area contributed by atoms with Gasteiger partial charge in [0.25, 0.3) is 0 Å². The van der Waals surface area contributed by atoms with Crippen molar-refractivity contribution >= 4 is 15.9 Å². The van der Waals surface area contributed by atoms with E-state index in [4.69, 9.17) is 5.73 Å². The highest BCUT2D eigenvalue weighted by Crippen LogP contribution is 2.38. The van der Waals surface area contributed by atoms with Crippen LogP contribution >= 0.6 is 15.9 Å². The van der Waals surface area contributed by atoms with Gasteiger partial charge in [-0.3, -0.25) is 4.90 Å². The summed E-state index contributed by atoms with van der Waals surface area (Å²) < 4.78 is 14.7. The Labute approximate surface area is 104 Å². The molecule has 88 valence electrons. The number of nitrogens with zero attached hydrogens (tertiary/aromatic N) is 1. The van der Waals surface area contributed by atoms with Crippen LogP contribution in [0, 0.1) is 11.7 Å². The highest BCUT2D eigenvalue weighted by Gasteiger charge is 2.32. The molecule has 0 spiro atoms. The van der Waals surface area contributed by atoms with E-state index in [2.05, 4.69) is 20.8 Å². The van der Waals surface area contributed by atoms with E-state index in [9.17, 15) is 4.39 Å². The van der Waals surface area contributed by atoms with E-state index in [1.54, 1.807) is 6.07 Å². The third-order valence-corrected chi connectivity index (χ3v) is 3.99. The molecule has 2 nitrogen and oxygen atoms in total. The predicted molar refractivity (Wildman–Crippen MR) is 66.6 cm³/mol. The molecule has 0 radical (unpaired) electrons. The molecule has 0 aromatic heterocycles. The van der Waals surface area contributed by atoms with Gasteiger partial charge in [-0.05, 0) is 38.1 Å². The topological polar surface area (TPSA) is 29.3 Å². The van der Waals surface area contributed by atoms with Crippen molar-refractivity contribution in [2.75, 3.05) is 20.1 Å². The van der Waals surface area contributed by atoms with Crippen LogP contribution in [0.3, 0.4) is 0 Å². The van der Waals surface area contributed by atoms with Gasteiger partial charge in [-0.25, -0.2) is 4.39 Å². The summed E-state index contributed by atoms with van der Waals surface area (Å²) in [6.07, 6.45) is 0.937. The van der Waals surface area contributed by atoms with Gasteiger partial charge in [0.2, 0.25) is 0 Å². The van der Waals surface area contributed by atoms with Gasteiger partial charge in [0, 0.05) is 22.6 Å². The summed E-state index contributed by atoms with van der Waals surface area (Å²) in [5, 5.41) is 0. The number of nitrogens with two attached hydrogens (primary N) is 1. The summed E-state index contributed by atoms with van der Waals surface area (Å²) in [5.74, 6) is 0.338. The van der Waals surface area contributed by atoms with Crippen molar-refractivity contribution in [2.45, 2.75) is 12.5 Å². The average Bonchev–Trinajstić information content (AvgIpc) is 2.60. The summed E-state index contributed by atoms with van der Waals surface area (Å²) in [7, 11) is 2.03. The molecule has 2 N–H and O–H groups in total. The van der Waals surface area contributed by atoms with E-state index in [0.29, 0.717) is 12.5 Å². The molecule has 1 aromatic carbocycles. The molecule has 0 aliphatic carbocycles. The van der Waals surface area contributed by atoms with Crippen molar-refractivity contribution in [1.82, 2.24) is 4.90 Å². The quantitative estimate of drug-likeness (QED) is 0.905. The van der Waals surface area contributed by atoms with Gasteiger partial charge in [0.15, 0.2) is 0 Å². The van der Waals surface area contributed by atoms with Crippen LogP contribution < -0.4 is 5.73 Å². The highest BCUT2D eigenvalue weighted by atomic mass is 79.9. The molecule has 16 heavy (non-hydrogen) atoms. The van der Waals surface area contributed by atoms with Crippen molar-refractivity contribution in [2.24, 2.45) is 11.7 Å². The first-order valence-electron chi connectivity index (χ1n) is 5.47. The molecule has 1 heterocycles. The Bertz CT molecular complexity index is 363. The number of likely N-dealkylation sites (tertiary alicyclic amines) is 1. The standard InChI is InChI=1S/C12H16BrFN2/c1-16-7-8(6-15)5-11(16)12-9(13)3-2-4-10(12)14/h2-4,8,11H,5-7,15H2,1H3. The van der Waals surface area contributed by atoms with Crippen LogP contribution in [-0.2, 0) is 0 Å². The lowest BCUT2D eigenvalue weighted by Gasteiger charge is -2.21. The molecule has 1 saturated heterocycles. The van der Waals surface area contributed by atoms with Gasteiger partial charge < -0.3 is 5.73 Å². The lowest BCUT2D eigenvalue weighted by atomic mass is 9.99. The fourth-order valence-electron chi connectivity index (χ4n) is 2.44. The molecule has 0 bridgehead atoms. The van der Waals surface area contributed by atoms with Crippen molar-refractivity contribution in [3.05, 3.63) is 34.1 Å². The third kappa shape index (κ3) is 2.14. The van der Waals surface area contributed by atoms with Crippen LogP contribution in [0.5, 0.6) is 0 Å². The minimum Gasteiger partial charge on any atom is -0.330 e. The number of hydrogen-bond donors (Lipinski definition) is 1. The summed E-state index contributed by atoms with van der Waals surface area (Å²) in [6.45, 7) is 1.62. The Balaban J connectivity index is 2.31. The SMILES string of the molecule is CN1CC(CN)CC1c1c(F)cccc1Br. The Kier molecular flexibility index (Phi) is 3.62. The largest absolute Gasteiger partial charge is 0.330 e. The minimum absolute atomic E-state index is 0.135. The van der Waals surface area contributed by atoms with Gasteiger partial charge in [-0.15, -0.1) is 0 Å². The first-order valence-corrected chi connectivity index (χ1v) is 6.27. The molecule has 2 unspecified atom stereocenters. The van der Waals surface area contributed by atoms with Gasteiger partial charge in [-0.1, -0.05) is 22.0 Å². The Morgan fingerprint density at radius 2 is 2.31 bits per heavy atom. The zero-order chi connectivity index (χ0) is 11.7. The second-order valence-electron chi connectivity index (χ2n) is 4.43. The zero-order valence-corrected chi connectivity index (χ0v) is 10.9. The lowest BCUT2D eigenvalue weighted by molar-refractivity contribution is 0.306. The van der Waals surface area contributed by atoms with E-state index < -0.39 is 0 Å². The van der Waals surface area contributed by atoms with Gasteiger partial charge >= 0.3 is 0 Å². The highest BCUT2D eigenvalue weighted by molar-refractivity contribution is 9.10. The monoisotopic (exact) mass is 286 g/mol. The van der Waals surface area contributed by atoms with E-state index in [0.717, 1.165) is 23.0 Å². The number of rotatable bonds is 2. The first kappa shape index (κ1) is 12.0. The second-order valence-corrected chi connectivity index (χ2v) is 5.28. The Morgan fingerprint density at radius 1 is 1.56 bits per heavy atom. The average molecular weight is 287 g/mol. The van der Waals surface area contributed by atoms with Crippen molar-refractivity contribution in [1.29, 1.82) is 0 Å². The van der Waals surface area contributed by atoms with E-state index >= 15 is 0 Å². The van der Waals surface area contributed by atoms with Crippen LogP contribution in [0.2, 0.25) is 0 Å². The van der Waals surface area contributed by atoms with Crippen LogP contribution in [0.15, 0.2) is 22.7 Å². The summed E-state index contributed by atoms with van der Waals surface area (Å²) >= 11 is 3.43. The summed E-state index contributed by atoms with van der Waals surface area (Å²) in [5.41, 5.74) is 6.45. The van der Waals surface area contributed by atoms with Crippen molar-refractivity contribution in [3.63, 3.8) is 0 Å². The van der Waals surface area contributed by atoms with Crippen LogP contribution in [0.1, 0.15) is 18.0 Å². The second kappa shape index (κ2) is 4.82. The number of hydrogen-bond acceptors (Lipinski definition) is 2. The molecule has 0 saturated carbocycles. The molecule has 1 aliphatic heterocycles. The Hall–Kier alpha value is -0.450. The van der Waals surface area contributed by atoms with Gasteiger partial charge in [0.05, 0.1) is 0 Å². The summed E-state index contributed by atoms with van der Waals surface area (Å²) in [6, 6.07) is 5.27. The minimum atomic E-state index is -0.135. The molecular weight excluding hydrogens is 271 g/mol. The smallest absolute Gasteiger partial charge is 0.129 e. The zero-order valence-electron chi connectivity index (χ0n) is 9.29. The third-order valence-electron chi connectivity index (χ3n) is 3.30. The lowest BCUT2D eigenvalue weighted by Crippen LogP contribution is -2.21. The van der Waals surface area contributed by atoms with Crippen LogP contribution in [-0.4, -0.2) is 25.0 Å². The maximum absolute atomic E-state index is 13.8. The van der Waals surface area contributed by atoms with E-state index in [1.165, 1.54) is 6.07 Å². The first-order chi connectivity index (χ1) is 7.63. The summed E-state index contributed by atoms with van der Waals surface area (Å²) in [4.78, 5) is 2.18. The molecule has 4 heteroatoms. The van der Waals surface area contributed by atoms with Crippen LogP contribution in [0.4, 0.5) is 4.39 Å². The molecule has 2 rings (SSSR count). The Morgan fingerprint density at radius 3 is 2.88 bits per heavy atom. The van der Waals surface area contributed by atoms with Crippen LogP contribution in [0.25, 0.3) is 0 Å². The predicted octanol–water partition coefficient (Wildman–Crippen LogP) is 2.54. The molecule has 1 aliphatic rings. The van der Waals surface area contributed by atoms with E-state index in [-0.39, 0.29) is 11.9 Å². The molecule has 0 amide bonds. The normalized spacial score (nSPS) is 26.2. The van der Waals surface area contributed by atoms with Crippen molar-refractivity contribution in [3.8, 4) is 0 Å². The molecule has 1 fully saturated rings. The fraction of sp³-hybridized carbons (Fsp3) is 0.500.